The predicted molar refractivity (Wildman–Crippen MR) is 70.6 cm³/mol. The summed E-state index contributed by atoms with van der Waals surface area (Å²) in [5, 5.41) is 0. The molecule has 2 heteroatoms. The van der Waals surface area contributed by atoms with Crippen LogP contribution in [0.5, 0.6) is 0 Å². The van der Waals surface area contributed by atoms with Crippen molar-refractivity contribution in [3.05, 3.63) is 65.5 Å². The van der Waals surface area contributed by atoms with Gasteiger partial charge in [0, 0.05) is 25.5 Å². The number of hydrogen-bond donors (Lipinski definition) is 0. The summed E-state index contributed by atoms with van der Waals surface area (Å²) < 4.78 is 0. The van der Waals surface area contributed by atoms with E-state index in [1.54, 1.807) is 0 Å². The van der Waals surface area contributed by atoms with Crippen molar-refractivity contribution in [3.8, 4) is 0 Å². The first-order chi connectivity index (χ1) is 8.24. The van der Waals surface area contributed by atoms with Gasteiger partial charge in [-0.2, -0.15) is 0 Å². The third kappa shape index (κ3) is 3.68. The first-order valence-electron chi connectivity index (χ1n) is 5.87. The van der Waals surface area contributed by atoms with Crippen LogP contribution in [0, 0.1) is 6.92 Å². The Bertz CT molecular complexity index is 448. The zero-order valence-electron chi connectivity index (χ0n) is 10.4. The molecule has 0 radical (unpaired) electrons. The molecule has 1 aromatic carbocycles. The lowest BCUT2D eigenvalue weighted by Gasteiger charge is -2.16. The Labute approximate surface area is 103 Å². The van der Waals surface area contributed by atoms with Gasteiger partial charge in [-0.25, -0.2) is 0 Å². The van der Waals surface area contributed by atoms with Gasteiger partial charge in [0.05, 0.1) is 0 Å². The second-order valence-electron chi connectivity index (χ2n) is 4.52. The molecule has 0 bridgehead atoms. The summed E-state index contributed by atoms with van der Waals surface area (Å²) in [6.45, 7) is 4.01. The molecule has 2 nitrogen and oxygen atoms in total. The lowest BCUT2D eigenvalue weighted by atomic mass is 10.1. The Balaban J connectivity index is 1.93. The highest BCUT2D eigenvalue weighted by atomic mass is 15.1. The summed E-state index contributed by atoms with van der Waals surface area (Å²) in [4.78, 5) is 6.42. The molecule has 1 heterocycles. The second kappa shape index (κ2) is 5.60. The lowest BCUT2D eigenvalue weighted by molar-refractivity contribution is 0.318. The summed E-state index contributed by atoms with van der Waals surface area (Å²) in [5.74, 6) is 0. The minimum atomic E-state index is 0.932. The minimum absolute atomic E-state index is 0.932. The van der Waals surface area contributed by atoms with Gasteiger partial charge in [0.15, 0.2) is 0 Å². The Hall–Kier alpha value is -1.67. The highest BCUT2D eigenvalue weighted by Crippen LogP contribution is 2.08. The molecule has 0 atom stereocenters. The molecule has 0 aliphatic carbocycles. The van der Waals surface area contributed by atoms with Gasteiger partial charge >= 0.3 is 0 Å². The van der Waals surface area contributed by atoms with E-state index in [9.17, 15) is 0 Å². The fourth-order valence-electron chi connectivity index (χ4n) is 1.86. The van der Waals surface area contributed by atoms with Crippen LogP contribution < -0.4 is 0 Å². The topological polar surface area (TPSA) is 16.1 Å². The van der Waals surface area contributed by atoms with Gasteiger partial charge in [0.25, 0.3) is 0 Å². The number of pyridine rings is 1. The van der Waals surface area contributed by atoms with E-state index in [0.29, 0.717) is 0 Å². The van der Waals surface area contributed by atoms with Gasteiger partial charge in [0.1, 0.15) is 0 Å². The van der Waals surface area contributed by atoms with E-state index in [2.05, 4.69) is 54.2 Å². The molecule has 0 N–H and O–H groups in total. The summed E-state index contributed by atoms with van der Waals surface area (Å²) in [5.41, 5.74) is 3.91. The molecule has 17 heavy (non-hydrogen) atoms. The molecule has 0 aliphatic rings. The quantitative estimate of drug-likeness (QED) is 0.796. The van der Waals surface area contributed by atoms with Crippen LogP contribution in [0.4, 0.5) is 0 Å². The van der Waals surface area contributed by atoms with Crippen molar-refractivity contribution in [1.82, 2.24) is 9.88 Å². The number of aromatic nitrogens is 1. The Morgan fingerprint density at radius 3 is 2.35 bits per heavy atom. The summed E-state index contributed by atoms with van der Waals surface area (Å²) >= 11 is 0. The fourth-order valence-corrected chi connectivity index (χ4v) is 1.86. The van der Waals surface area contributed by atoms with Crippen molar-refractivity contribution in [1.29, 1.82) is 0 Å². The molecule has 1 aromatic heterocycles. The van der Waals surface area contributed by atoms with Crippen LogP contribution in [0.1, 0.15) is 16.7 Å². The van der Waals surface area contributed by atoms with Gasteiger partial charge in [0.2, 0.25) is 0 Å². The van der Waals surface area contributed by atoms with Crippen LogP contribution in [0.2, 0.25) is 0 Å². The summed E-state index contributed by atoms with van der Waals surface area (Å²) in [7, 11) is 2.13. The smallest absolute Gasteiger partial charge is 0.0312 e. The Morgan fingerprint density at radius 1 is 1.00 bits per heavy atom. The fraction of sp³-hybridized carbons (Fsp3) is 0.267. The van der Waals surface area contributed by atoms with E-state index in [1.807, 2.05) is 18.5 Å². The molecule has 0 spiro atoms. The van der Waals surface area contributed by atoms with Crippen LogP contribution in [0.15, 0.2) is 48.8 Å². The largest absolute Gasteiger partial charge is 0.298 e. The van der Waals surface area contributed by atoms with E-state index in [4.69, 9.17) is 0 Å². The first kappa shape index (κ1) is 11.8. The predicted octanol–water partition coefficient (Wildman–Crippen LogP) is 3.02. The van der Waals surface area contributed by atoms with Crippen molar-refractivity contribution in [2.45, 2.75) is 20.0 Å². The molecule has 0 unspecified atom stereocenters. The average Bonchev–Trinajstić information content (AvgIpc) is 2.33. The number of hydrogen-bond acceptors (Lipinski definition) is 2. The molecule has 2 rings (SSSR count). The van der Waals surface area contributed by atoms with Crippen molar-refractivity contribution >= 4 is 0 Å². The monoisotopic (exact) mass is 226 g/mol. The maximum atomic E-state index is 4.13. The van der Waals surface area contributed by atoms with Crippen molar-refractivity contribution in [3.63, 3.8) is 0 Å². The summed E-state index contributed by atoms with van der Waals surface area (Å²) in [6, 6.07) is 12.8. The highest BCUT2D eigenvalue weighted by molar-refractivity contribution is 5.21. The molecule has 88 valence electrons. The number of benzene rings is 1. The molecule has 0 saturated carbocycles. The minimum Gasteiger partial charge on any atom is -0.298 e. The Kier molecular flexibility index (Phi) is 3.89. The van der Waals surface area contributed by atoms with Gasteiger partial charge in [-0.05, 0) is 31.2 Å². The summed E-state index contributed by atoms with van der Waals surface area (Å²) in [6.07, 6.45) is 3.73. The van der Waals surface area contributed by atoms with Crippen LogP contribution >= 0.6 is 0 Å². The van der Waals surface area contributed by atoms with E-state index < -0.39 is 0 Å². The third-order valence-corrected chi connectivity index (χ3v) is 2.75. The SMILES string of the molecule is Cc1ccc(CN(C)Cc2cccnc2)cc1. The lowest BCUT2D eigenvalue weighted by Crippen LogP contribution is -2.17. The third-order valence-electron chi connectivity index (χ3n) is 2.75. The zero-order valence-corrected chi connectivity index (χ0v) is 10.4. The maximum Gasteiger partial charge on any atom is 0.0312 e. The van der Waals surface area contributed by atoms with Crippen LogP contribution in [-0.2, 0) is 13.1 Å². The molecular formula is C15H18N2. The average molecular weight is 226 g/mol. The number of rotatable bonds is 4. The second-order valence-corrected chi connectivity index (χ2v) is 4.52. The van der Waals surface area contributed by atoms with Gasteiger partial charge in [-0.15, -0.1) is 0 Å². The molecule has 0 saturated heterocycles. The normalized spacial score (nSPS) is 10.8. The number of aryl methyl sites for hydroxylation is 1. The van der Waals surface area contributed by atoms with Gasteiger partial charge in [-0.3, -0.25) is 9.88 Å². The van der Waals surface area contributed by atoms with Crippen molar-refractivity contribution < 1.29 is 0 Å². The molecule has 0 fully saturated rings. The van der Waals surface area contributed by atoms with Crippen molar-refractivity contribution in [2.24, 2.45) is 0 Å². The van der Waals surface area contributed by atoms with Gasteiger partial charge < -0.3 is 0 Å². The maximum absolute atomic E-state index is 4.13. The molecule has 2 aromatic rings. The highest BCUT2D eigenvalue weighted by Gasteiger charge is 2.01. The molecule has 0 amide bonds. The first-order valence-corrected chi connectivity index (χ1v) is 5.87. The van der Waals surface area contributed by atoms with Gasteiger partial charge in [-0.1, -0.05) is 35.9 Å². The molecule has 0 aliphatic heterocycles. The zero-order chi connectivity index (χ0) is 12.1. The van der Waals surface area contributed by atoms with Crippen LogP contribution in [0.3, 0.4) is 0 Å². The van der Waals surface area contributed by atoms with Crippen LogP contribution in [-0.4, -0.2) is 16.9 Å². The van der Waals surface area contributed by atoms with E-state index in [1.165, 1.54) is 16.7 Å². The van der Waals surface area contributed by atoms with Crippen molar-refractivity contribution in [2.75, 3.05) is 7.05 Å². The Morgan fingerprint density at radius 2 is 1.71 bits per heavy atom. The number of nitrogens with zero attached hydrogens (tertiary/aromatic N) is 2. The van der Waals surface area contributed by atoms with Crippen LogP contribution in [0.25, 0.3) is 0 Å². The van der Waals surface area contributed by atoms with E-state index in [0.717, 1.165) is 13.1 Å². The van der Waals surface area contributed by atoms with E-state index >= 15 is 0 Å². The molecular weight excluding hydrogens is 208 g/mol. The van der Waals surface area contributed by atoms with E-state index in [-0.39, 0.29) is 0 Å². The standard InChI is InChI=1S/C15H18N2/c1-13-5-7-14(8-6-13)11-17(2)12-15-4-3-9-16-10-15/h3-10H,11-12H2,1-2H3.